The molecule has 0 unspecified atom stereocenters. The molecule has 42 heavy (non-hydrogen) atoms. The van der Waals surface area contributed by atoms with Crippen LogP contribution < -0.4 is 58.6 Å². The molecule has 4 aromatic carbocycles. The molecule has 4 rings (SSSR count). The Kier molecular flexibility index (Phi) is 12.4. The molecule has 0 atom stereocenters. The van der Waals surface area contributed by atoms with Crippen molar-refractivity contribution in [2.75, 3.05) is 0 Å². The van der Waals surface area contributed by atoms with Crippen LogP contribution in [0.1, 0.15) is 11.1 Å². The van der Waals surface area contributed by atoms with Gasteiger partial charge < -0.3 is 10.2 Å². The number of nitrogens with zero attached hydrogens (tertiary/aromatic N) is 4. The molecule has 0 saturated heterocycles. The molecule has 16 heteroatoms. The molecule has 0 saturated carbocycles. The average Bonchev–Trinajstić information content (AvgIpc) is 2.90. The Morgan fingerprint density at radius 3 is 1.12 bits per heavy atom. The Morgan fingerprint density at radius 1 is 0.524 bits per heavy atom. The van der Waals surface area contributed by atoms with E-state index in [1.54, 1.807) is 0 Å². The summed E-state index contributed by atoms with van der Waals surface area (Å²) < 4.78 is 67.7. The zero-order chi connectivity index (χ0) is 28.9. The van der Waals surface area contributed by atoms with Crippen LogP contribution in [0.4, 0.5) is 22.7 Å². The van der Waals surface area contributed by atoms with E-state index >= 15 is 0 Å². The summed E-state index contributed by atoms with van der Waals surface area (Å²) in [5.74, 6) is -0.432. The number of rotatable bonds is 8. The van der Waals surface area contributed by atoms with Crippen LogP contribution in [0, 0.1) is 0 Å². The van der Waals surface area contributed by atoms with E-state index in [1.807, 2.05) is 0 Å². The van der Waals surface area contributed by atoms with Crippen molar-refractivity contribution in [3.8, 4) is 11.5 Å². The Balaban J connectivity index is 0.00000308. The largest absolute Gasteiger partial charge is 1.00 e. The second-order valence-electron chi connectivity index (χ2n) is 8.12. The van der Waals surface area contributed by atoms with Crippen molar-refractivity contribution >= 4 is 55.1 Å². The van der Waals surface area contributed by atoms with Gasteiger partial charge in [0.05, 0.1) is 22.7 Å². The first-order valence-electron chi connectivity index (χ1n) is 11.2. The van der Waals surface area contributed by atoms with Gasteiger partial charge in [0.15, 0.2) is 0 Å². The molecule has 0 amide bonds. The van der Waals surface area contributed by atoms with Gasteiger partial charge in [0.2, 0.25) is 0 Å². The van der Waals surface area contributed by atoms with E-state index in [9.17, 15) is 36.2 Å². The van der Waals surface area contributed by atoms with Gasteiger partial charge in [-0.25, -0.2) is 0 Å². The van der Waals surface area contributed by atoms with Gasteiger partial charge >= 0.3 is 48.4 Å². The predicted molar refractivity (Wildman–Crippen MR) is 142 cm³/mol. The summed E-state index contributed by atoms with van der Waals surface area (Å²) in [6.07, 6.45) is 2.46. The number of hydrogen-bond acceptors (Lipinski definition) is 10. The first-order chi connectivity index (χ1) is 18.9. The second kappa shape index (κ2) is 14.8. The normalized spacial score (nSPS) is 12.0. The van der Waals surface area contributed by atoms with Crippen LogP contribution in [0.5, 0.6) is 11.5 Å². The molecule has 0 bridgehead atoms. The molecule has 0 fully saturated rings. The van der Waals surface area contributed by atoms with Crippen LogP contribution in [0.2, 0.25) is 0 Å². The van der Waals surface area contributed by atoms with Gasteiger partial charge in [-0.1, -0.05) is 48.6 Å². The van der Waals surface area contributed by atoms with Gasteiger partial charge in [-0.05, 0) is 59.7 Å². The van der Waals surface area contributed by atoms with Crippen molar-refractivity contribution in [2.45, 2.75) is 9.79 Å². The zero-order valence-corrected chi connectivity index (χ0v) is 25.8. The summed E-state index contributed by atoms with van der Waals surface area (Å²) in [6, 6.07) is 18.4. The smallest absolute Gasteiger partial charge is 0.872 e. The van der Waals surface area contributed by atoms with Gasteiger partial charge in [-0.2, -0.15) is 37.3 Å². The third-order valence-corrected chi connectivity index (χ3v) is 7.05. The Bertz CT molecular complexity index is 1730. The molecule has 2 N–H and O–H groups in total. The summed E-state index contributed by atoms with van der Waals surface area (Å²) in [5, 5.41) is 38.1. The maximum absolute atomic E-state index is 12.0. The minimum absolute atomic E-state index is 0. The van der Waals surface area contributed by atoms with E-state index in [0.717, 1.165) is 12.1 Å². The summed E-state index contributed by atoms with van der Waals surface area (Å²) in [7, 11) is -9.48. The first-order valence-corrected chi connectivity index (χ1v) is 14.1. The maximum Gasteiger partial charge on any atom is 1.00 e. The minimum atomic E-state index is -4.74. The van der Waals surface area contributed by atoms with Crippen LogP contribution in [0.3, 0.4) is 0 Å². The van der Waals surface area contributed by atoms with Crippen LogP contribution in [-0.4, -0.2) is 25.9 Å². The SMILES string of the molecule is O=S(=O)(O)c1cc(N=Nc2ccc([O-])cc2)ccc1/C=C/c1ccc(N=Nc2ccc([O-])cc2)cc1S(=O)(=O)O.[Li+].[Na+]. The van der Waals surface area contributed by atoms with Crippen molar-refractivity contribution < 1.29 is 84.6 Å². The van der Waals surface area contributed by atoms with E-state index in [4.69, 9.17) is 0 Å². The van der Waals surface area contributed by atoms with Gasteiger partial charge in [0.25, 0.3) is 20.2 Å². The fourth-order valence-corrected chi connectivity index (χ4v) is 4.74. The molecule has 204 valence electrons. The third kappa shape index (κ3) is 9.70. The Hall–Kier alpha value is -3.16. The molecule has 0 aliphatic carbocycles. The maximum atomic E-state index is 12.0. The van der Waals surface area contributed by atoms with Crippen molar-refractivity contribution in [3.05, 3.63) is 96.1 Å². The average molecular weight is 609 g/mol. The van der Waals surface area contributed by atoms with E-state index in [0.29, 0.717) is 11.4 Å². The van der Waals surface area contributed by atoms with Gasteiger partial charge in [0.1, 0.15) is 9.79 Å². The topological polar surface area (TPSA) is 204 Å². The minimum Gasteiger partial charge on any atom is -0.872 e. The molecular formula is C26H18LiN4NaO8S2. The predicted octanol–water partition coefficient (Wildman–Crippen LogP) is -0.664. The van der Waals surface area contributed by atoms with Crippen molar-refractivity contribution in [1.82, 2.24) is 0 Å². The zero-order valence-electron chi connectivity index (χ0n) is 22.2. The number of azo groups is 2. The van der Waals surface area contributed by atoms with Crippen molar-refractivity contribution in [2.24, 2.45) is 20.5 Å². The summed E-state index contributed by atoms with van der Waals surface area (Å²) in [4.78, 5) is -1.06. The molecule has 4 aromatic rings. The Morgan fingerprint density at radius 2 is 0.810 bits per heavy atom. The van der Waals surface area contributed by atoms with Crippen LogP contribution in [-0.2, 0) is 20.2 Å². The van der Waals surface area contributed by atoms with E-state index in [1.165, 1.54) is 84.9 Å². The van der Waals surface area contributed by atoms with E-state index < -0.39 is 30.0 Å². The first kappa shape index (κ1) is 35.0. The number of hydrogen-bond donors (Lipinski definition) is 2. The quantitative estimate of drug-likeness (QED) is 0.113. The molecule has 0 radical (unpaired) electrons. The molecular weight excluding hydrogens is 590 g/mol. The summed E-state index contributed by atoms with van der Waals surface area (Å²) >= 11 is 0. The fourth-order valence-electron chi connectivity index (χ4n) is 3.33. The standard InChI is InChI=1S/C26H20N4O8S2.Li.Na/c31-23-11-7-19(8-12-23)27-29-21-5-3-17(25(15-21)39(33,34)35)1-2-18-4-6-22(16-26(18)40(36,37)38)30-28-20-9-13-24(32)14-10-20;;/h1-16,31-32H,(H,33,34,35)(H,36,37,38);;/q;2*+1/p-2/b2-1+,29-27?,30-28?;;. The molecule has 0 heterocycles. The van der Waals surface area contributed by atoms with Gasteiger partial charge in [-0.3, -0.25) is 9.11 Å². The van der Waals surface area contributed by atoms with Crippen molar-refractivity contribution in [3.63, 3.8) is 0 Å². The molecule has 12 nitrogen and oxygen atoms in total. The van der Waals surface area contributed by atoms with Gasteiger partial charge in [-0.15, -0.1) is 11.5 Å². The van der Waals surface area contributed by atoms with E-state index in [2.05, 4.69) is 20.5 Å². The fraction of sp³-hybridized carbons (Fsp3) is 0. The second-order valence-corrected chi connectivity index (χ2v) is 10.9. The molecule has 0 aliphatic rings. The Labute approximate surface area is 275 Å². The summed E-state index contributed by atoms with van der Waals surface area (Å²) in [6.45, 7) is 0. The molecule has 0 aromatic heterocycles. The monoisotopic (exact) mass is 608 g/mol. The molecule has 0 aliphatic heterocycles. The molecule has 0 spiro atoms. The van der Waals surface area contributed by atoms with E-state index in [-0.39, 0.29) is 82.4 Å². The van der Waals surface area contributed by atoms with Crippen LogP contribution >= 0.6 is 0 Å². The van der Waals surface area contributed by atoms with Crippen LogP contribution in [0.15, 0.2) is 115 Å². The third-order valence-electron chi connectivity index (χ3n) is 5.23. The van der Waals surface area contributed by atoms with Gasteiger partial charge in [0, 0.05) is 0 Å². The van der Waals surface area contributed by atoms with Crippen LogP contribution in [0.25, 0.3) is 12.2 Å². The number of benzene rings is 4. The van der Waals surface area contributed by atoms with Crippen molar-refractivity contribution in [1.29, 1.82) is 0 Å². The summed E-state index contributed by atoms with van der Waals surface area (Å²) in [5.41, 5.74) is 0.826.